The number of nitrogens with zero attached hydrogens (tertiary/aromatic N) is 1. The second kappa shape index (κ2) is 8.57. The third-order valence-electron chi connectivity index (χ3n) is 3.43. The summed E-state index contributed by atoms with van der Waals surface area (Å²) in [4.78, 5) is 12.3. The first-order chi connectivity index (χ1) is 8.69. The van der Waals surface area contributed by atoms with Crippen molar-refractivity contribution in [3.63, 3.8) is 0 Å². The average molecular weight is 271 g/mol. The normalized spacial score (nSPS) is 21.0. The Labute approximate surface area is 119 Å². The number of hydrogen-bond donors (Lipinski definition) is 0. The fourth-order valence-corrected chi connectivity index (χ4v) is 2.48. The molecule has 1 unspecified atom stereocenters. The Balaban J connectivity index is 0.000000399. The molecule has 0 aromatic carbocycles. The Morgan fingerprint density at radius 3 is 2.00 bits per heavy atom. The van der Waals surface area contributed by atoms with Gasteiger partial charge in [-0.25, -0.2) is 0 Å². The molecule has 1 aliphatic rings. The smallest absolute Gasteiger partial charge is 0.293 e. The zero-order valence-electron chi connectivity index (χ0n) is 13.9. The monoisotopic (exact) mass is 271 g/mol. The Hall–Kier alpha value is -0.570. The molecule has 0 radical (unpaired) electrons. The summed E-state index contributed by atoms with van der Waals surface area (Å²) in [5.41, 5.74) is -0.318. The number of carbonyl (C=O) groups excluding carboxylic acids is 1. The summed E-state index contributed by atoms with van der Waals surface area (Å²) in [6.45, 7) is 16.6. The summed E-state index contributed by atoms with van der Waals surface area (Å²) in [5.74, 6) is 0.827. The molecular weight excluding hydrogens is 238 g/mol. The van der Waals surface area contributed by atoms with Crippen LogP contribution in [0, 0.1) is 5.92 Å². The van der Waals surface area contributed by atoms with Gasteiger partial charge in [-0.1, -0.05) is 20.3 Å². The molecule has 1 aliphatic heterocycles. The van der Waals surface area contributed by atoms with Crippen LogP contribution in [0.4, 0.5) is 0 Å². The standard InChI is InChI=1S/C11H23N.C5H10O2/c1-9(2)11-7-5-6-8-12(11)10(3)4;1-5(2,3)7-4-6/h9-11H,5-8H2,1-4H3;4H,1-3H3. The maximum Gasteiger partial charge on any atom is 0.293 e. The highest BCUT2D eigenvalue weighted by Gasteiger charge is 2.26. The van der Waals surface area contributed by atoms with Crippen LogP contribution >= 0.6 is 0 Å². The molecule has 0 aliphatic carbocycles. The van der Waals surface area contributed by atoms with Gasteiger partial charge in [0.15, 0.2) is 0 Å². The largest absolute Gasteiger partial charge is 0.462 e. The molecule has 0 bridgehead atoms. The summed E-state index contributed by atoms with van der Waals surface area (Å²) >= 11 is 0. The summed E-state index contributed by atoms with van der Waals surface area (Å²) in [5, 5.41) is 0. The van der Waals surface area contributed by atoms with E-state index in [1.54, 1.807) is 0 Å². The van der Waals surface area contributed by atoms with E-state index in [4.69, 9.17) is 0 Å². The molecule has 1 heterocycles. The second-order valence-corrected chi connectivity index (χ2v) is 6.97. The second-order valence-electron chi connectivity index (χ2n) is 6.97. The molecule has 0 aromatic rings. The zero-order chi connectivity index (χ0) is 15.1. The lowest BCUT2D eigenvalue weighted by Crippen LogP contribution is -2.46. The van der Waals surface area contributed by atoms with Gasteiger partial charge in [0.25, 0.3) is 6.47 Å². The van der Waals surface area contributed by atoms with Crippen molar-refractivity contribution in [1.29, 1.82) is 0 Å². The fourth-order valence-electron chi connectivity index (χ4n) is 2.48. The molecule has 3 nitrogen and oxygen atoms in total. The molecule has 19 heavy (non-hydrogen) atoms. The van der Waals surface area contributed by atoms with Crippen molar-refractivity contribution in [1.82, 2.24) is 4.90 Å². The maximum absolute atomic E-state index is 9.60. The van der Waals surface area contributed by atoms with Crippen LogP contribution in [0.2, 0.25) is 0 Å². The Morgan fingerprint density at radius 1 is 1.16 bits per heavy atom. The minimum atomic E-state index is -0.318. The number of piperidine rings is 1. The topological polar surface area (TPSA) is 29.5 Å². The number of rotatable bonds is 3. The molecule has 0 aromatic heterocycles. The van der Waals surface area contributed by atoms with Crippen molar-refractivity contribution < 1.29 is 9.53 Å². The SMILES string of the molecule is CC(C)(C)OC=O.CC(C)C1CCCCN1C(C)C. The number of ether oxygens (including phenoxy) is 1. The lowest BCUT2D eigenvalue weighted by Gasteiger charge is -2.40. The van der Waals surface area contributed by atoms with Crippen molar-refractivity contribution >= 4 is 6.47 Å². The predicted molar refractivity (Wildman–Crippen MR) is 81.2 cm³/mol. The van der Waals surface area contributed by atoms with E-state index in [-0.39, 0.29) is 5.60 Å². The van der Waals surface area contributed by atoms with Gasteiger partial charge in [0.1, 0.15) is 5.60 Å². The van der Waals surface area contributed by atoms with Gasteiger partial charge in [0.2, 0.25) is 0 Å². The third kappa shape index (κ3) is 8.25. The van der Waals surface area contributed by atoms with E-state index in [2.05, 4.69) is 37.3 Å². The highest BCUT2D eigenvalue weighted by atomic mass is 16.5. The molecule has 1 rings (SSSR count). The first kappa shape index (κ1) is 18.4. The van der Waals surface area contributed by atoms with Gasteiger partial charge < -0.3 is 4.74 Å². The van der Waals surface area contributed by atoms with Crippen LogP contribution in [0.1, 0.15) is 67.7 Å². The maximum atomic E-state index is 9.60. The minimum Gasteiger partial charge on any atom is -0.462 e. The van der Waals surface area contributed by atoms with Gasteiger partial charge in [-0.05, 0) is 59.9 Å². The Morgan fingerprint density at radius 2 is 1.74 bits per heavy atom. The summed E-state index contributed by atoms with van der Waals surface area (Å²) in [6.07, 6.45) is 4.25. The van der Waals surface area contributed by atoms with E-state index in [1.807, 2.05) is 20.8 Å². The first-order valence-electron chi connectivity index (χ1n) is 7.56. The van der Waals surface area contributed by atoms with Crippen LogP contribution in [0.5, 0.6) is 0 Å². The van der Waals surface area contributed by atoms with E-state index in [9.17, 15) is 4.79 Å². The van der Waals surface area contributed by atoms with E-state index < -0.39 is 0 Å². The van der Waals surface area contributed by atoms with E-state index >= 15 is 0 Å². The lowest BCUT2D eigenvalue weighted by atomic mass is 9.92. The van der Waals surface area contributed by atoms with Crippen LogP contribution in [0.25, 0.3) is 0 Å². The molecule has 0 amide bonds. The minimum absolute atomic E-state index is 0.318. The van der Waals surface area contributed by atoms with Crippen LogP contribution in [-0.2, 0) is 9.53 Å². The Kier molecular flexibility index (Phi) is 8.31. The predicted octanol–water partition coefficient (Wildman–Crippen LogP) is 3.86. The molecule has 3 heteroatoms. The van der Waals surface area contributed by atoms with Crippen LogP contribution in [0.15, 0.2) is 0 Å². The number of hydrogen-bond acceptors (Lipinski definition) is 3. The van der Waals surface area contributed by atoms with E-state index in [0.29, 0.717) is 6.47 Å². The highest BCUT2D eigenvalue weighted by molar-refractivity contribution is 5.37. The molecule has 1 saturated heterocycles. The van der Waals surface area contributed by atoms with Gasteiger partial charge >= 0.3 is 0 Å². The summed E-state index contributed by atoms with van der Waals surface area (Å²) in [6, 6.07) is 1.58. The Bertz CT molecular complexity index is 228. The van der Waals surface area contributed by atoms with Crippen LogP contribution in [-0.4, -0.2) is 35.6 Å². The van der Waals surface area contributed by atoms with Crippen molar-refractivity contribution in [2.75, 3.05) is 6.54 Å². The van der Waals surface area contributed by atoms with Gasteiger partial charge in [0, 0.05) is 12.1 Å². The van der Waals surface area contributed by atoms with Crippen molar-refractivity contribution in [2.24, 2.45) is 5.92 Å². The number of carbonyl (C=O) groups is 1. The first-order valence-corrected chi connectivity index (χ1v) is 7.56. The number of likely N-dealkylation sites (tertiary alicyclic amines) is 1. The van der Waals surface area contributed by atoms with Crippen LogP contribution in [0.3, 0.4) is 0 Å². The molecule has 0 N–H and O–H groups in total. The summed E-state index contributed by atoms with van der Waals surface area (Å²) < 4.78 is 4.55. The van der Waals surface area contributed by atoms with Gasteiger partial charge in [-0.2, -0.15) is 0 Å². The third-order valence-corrected chi connectivity index (χ3v) is 3.43. The molecule has 1 atom stereocenters. The molecule has 114 valence electrons. The van der Waals surface area contributed by atoms with Gasteiger partial charge in [-0.15, -0.1) is 0 Å². The molecule has 0 saturated carbocycles. The van der Waals surface area contributed by atoms with Crippen molar-refractivity contribution in [3.8, 4) is 0 Å². The van der Waals surface area contributed by atoms with Crippen molar-refractivity contribution in [3.05, 3.63) is 0 Å². The van der Waals surface area contributed by atoms with Gasteiger partial charge in [-0.3, -0.25) is 9.69 Å². The van der Waals surface area contributed by atoms with E-state index in [0.717, 1.165) is 18.0 Å². The highest BCUT2D eigenvalue weighted by Crippen LogP contribution is 2.24. The summed E-state index contributed by atoms with van der Waals surface area (Å²) in [7, 11) is 0. The molecular formula is C16H33NO2. The molecule has 0 spiro atoms. The van der Waals surface area contributed by atoms with Gasteiger partial charge in [0.05, 0.1) is 0 Å². The van der Waals surface area contributed by atoms with Crippen molar-refractivity contribution in [2.45, 2.75) is 85.4 Å². The van der Waals surface area contributed by atoms with Crippen LogP contribution < -0.4 is 0 Å². The average Bonchev–Trinajstić information content (AvgIpc) is 2.28. The fraction of sp³-hybridized carbons (Fsp3) is 0.938. The lowest BCUT2D eigenvalue weighted by molar-refractivity contribution is -0.138. The van der Waals surface area contributed by atoms with E-state index in [1.165, 1.54) is 25.8 Å². The zero-order valence-corrected chi connectivity index (χ0v) is 13.9. The quantitative estimate of drug-likeness (QED) is 0.730. The molecule has 1 fully saturated rings.